The molecule has 104 valence electrons. The zero-order valence-corrected chi connectivity index (χ0v) is 11.7. The Labute approximate surface area is 118 Å². The second kappa shape index (κ2) is 5.65. The van der Waals surface area contributed by atoms with E-state index < -0.39 is 0 Å². The van der Waals surface area contributed by atoms with Crippen LogP contribution in [-0.4, -0.2) is 18.1 Å². The van der Waals surface area contributed by atoms with Gasteiger partial charge in [-0.25, -0.2) is 0 Å². The molecule has 0 aliphatic carbocycles. The number of nitrogens with one attached hydrogen (secondary N) is 1. The summed E-state index contributed by atoms with van der Waals surface area (Å²) in [5, 5.41) is 12.3. The molecule has 0 spiro atoms. The van der Waals surface area contributed by atoms with Crippen LogP contribution in [0.3, 0.4) is 0 Å². The molecule has 0 heterocycles. The van der Waals surface area contributed by atoms with Crippen LogP contribution in [-0.2, 0) is 0 Å². The molecule has 0 saturated heterocycles. The van der Waals surface area contributed by atoms with Gasteiger partial charge in [-0.1, -0.05) is 0 Å². The Morgan fingerprint density at radius 2 is 1.85 bits per heavy atom. The van der Waals surface area contributed by atoms with Crippen LogP contribution in [0.5, 0.6) is 11.5 Å². The Morgan fingerprint density at radius 1 is 1.10 bits per heavy atom. The number of hydrogen-bond donors (Lipinski definition) is 2. The molecule has 20 heavy (non-hydrogen) atoms. The molecule has 2 aromatic rings. The zero-order valence-electron chi connectivity index (χ0n) is 11.7. The topological polar surface area (TPSA) is 58.6 Å². The lowest BCUT2D eigenvalue weighted by molar-refractivity contribution is 0.102. The minimum atomic E-state index is -0.210. The normalized spacial score (nSPS) is 10.2. The van der Waals surface area contributed by atoms with Gasteiger partial charge in [0.2, 0.25) is 0 Å². The molecule has 0 radical (unpaired) electrons. The monoisotopic (exact) mass is 271 g/mol. The molecule has 4 heteroatoms. The van der Waals surface area contributed by atoms with E-state index in [2.05, 4.69) is 5.32 Å². The minimum Gasteiger partial charge on any atom is -0.508 e. The van der Waals surface area contributed by atoms with E-state index in [1.807, 2.05) is 19.1 Å². The largest absolute Gasteiger partial charge is 0.508 e. The van der Waals surface area contributed by atoms with Gasteiger partial charge in [0.05, 0.1) is 7.11 Å². The fraction of sp³-hybridized carbons (Fsp3) is 0.188. The molecule has 2 rings (SSSR count). The van der Waals surface area contributed by atoms with Gasteiger partial charge in [-0.05, 0) is 61.4 Å². The minimum absolute atomic E-state index is 0.182. The SMILES string of the molecule is COc1ccc(NC(=O)c2ccc(O)c(C)c2)cc1C. The number of phenolic OH excluding ortho intramolecular Hbond substituents is 1. The number of carbonyl (C=O) groups excluding carboxylic acids is 1. The number of ether oxygens (including phenoxy) is 1. The van der Waals surface area contributed by atoms with E-state index in [9.17, 15) is 9.90 Å². The lowest BCUT2D eigenvalue weighted by atomic mass is 10.1. The van der Waals surface area contributed by atoms with Gasteiger partial charge >= 0.3 is 0 Å². The van der Waals surface area contributed by atoms with Gasteiger partial charge in [0.15, 0.2) is 0 Å². The number of aromatic hydroxyl groups is 1. The molecule has 2 aromatic carbocycles. The maximum Gasteiger partial charge on any atom is 0.255 e. The number of amides is 1. The first-order valence-corrected chi connectivity index (χ1v) is 6.27. The first kappa shape index (κ1) is 13.9. The van der Waals surface area contributed by atoms with Crippen LogP contribution in [0, 0.1) is 13.8 Å². The second-order valence-electron chi connectivity index (χ2n) is 4.64. The summed E-state index contributed by atoms with van der Waals surface area (Å²) in [6.45, 7) is 3.67. The standard InChI is InChI=1S/C16H17NO3/c1-10-8-12(4-6-14(10)18)16(19)17-13-5-7-15(20-3)11(2)9-13/h4-9,18H,1-3H3,(H,17,19). The van der Waals surface area contributed by atoms with E-state index in [4.69, 9.17) is 4.74 Å². The Morgan fingerprint density at radius 3 is 2.45 bits per heavy atom. The van der Waals surface area contributed by atoms with Crippen LogP contribution < -0.4 is 10.1 Å². The van der Waals surface area contributed by atoms with Gasteiger partial charge < -0.3 is 15.2 Å². The third-order valence-electron chi connectivity index (χ3n) is 3.11. The Kier molecular flexibility index (Phi) is 3.94. The van der Waals surface area contributed by atoms with E-state index in [1.165, 1.54) is 6.07 Å². The molecule has 0 aliphatic heterocycles. The van der Waals surface area contributed by atoms with Crippen LogP contribution in [0.25, 0.3) is 0 Å². The molecule has 0 aliphatic rings. The quantitative estimate of drug-likeness (QED) is 0.900. The number of phenols is 1. The maximum absolute atomic E-state index is 12.1. The van der Waals surface area contributed by atoms with Gasteiger partial charge in [-0.3, -0.25) is 4.79 Å². The molecule has 1 amide bonds. The maximum atomic E-state index is 12.1. The highest BCUT2D eigenvalue weighted by molar-refractivity contribution is 6.04. The highest BCUT2D eigenvalue weighted by Crippen LogP contribution is 2.22. The number of aryl methyl sites for hydroxylation is 2. The van der Waals surface area contributed by atoms with Crippen molar-refractivity contribution in [3.05, 3.63) is 53.1 Å². The third kappa shape index (κ3) is 2.91. The highest BCUT2D eigenvalue weighted by atomic mass is 16.5. The van der Waals surface area contributed by atoms with Crippen molar-refractivity contribution < 1.29 is 14.6 Å². The Balaban J connectivity index is 2.19. The molecule has 0 bridgehead atoms. The number of rotatable bonds is 3. The van der Waals surface area contributed by atoms with E-state index in [-0.39, 0.29) is 11.7 Å². The molecule has 0 saturated carbocycles. The zero-order chi connectivity index (χ0) is 14.7. The highest BCUT2D eigenvalue weighted by Gasteiger charge is 2.09. The smallest absolute Gasteiger partial charge is 0.255 e. The summed E-state index contributed by atoms with van der Waals surface area (Å²) in [6.07, 6.45) is 0. The average Bonchev–Trinajstić information content (AvgIpc) is 2.42. The number of benzene rings is 2. The van der Waals surface area contributed by atoms with Crippen molar-refractivity contribution in [3.63, 3.8) is 0 Å². The van der Waals surface area contributed by atoms with E-state index in [1.54, 1.807) is 32.2 Å². The molecule has 4 nitrogen and oxygen atoms in total. The molecule has 2 N–H and O–H groups in total. The summed E-state index contributed by atoms with van der Waals surface area (Å²) in [5.41, 5.74) is 2.84. The molecule has 0 atom stereocenters. The molecular weight excluding hydrogens is 254 g/mol. The summed E-state index contributed by atoms with van der Waals surface area (Å²) in [7, 11) is 1.61. The van der Waals surface area contributed by atoms with Crippen molar-refractivity contribution in [2.24, 2.45) is 0 Å². The van der Waals surface area contributed by atoms with Gasteiger partial charge in [-0.2, -0.15) is 0 Å². The summed E-state index contributed by atoms with van der Waals surface area (Å²) in [5.74, 6) is 0.753. The summed E-state index contributed by atoms with van der Waals surface area (Å²) >= 11 is 0. The van der Waals surface area contributed by atoms with Crippen LogP contribution in [0.4, 0.5) is 5.69 Å². The molecular formula is C16H17NO3. The van der Waals surface area contributed by atoms with Crippen LogP contribution in [0.15, 0.2) is 36.4 Å². The second-order valence-corrected chi connectivity index (χ2v) is 4.64. The third-order valence-corrected chi connectivity index (χ3v) is 3.11. The van der Waals surface area contributed by atoms with Crippen LogP contribution >= 0.6 is 0 Å². The van der Waals surface area contributed by atoms with Crippen molar-refractivity contribution in [2.45, 2.75) is 13.8 Å². The predicted molar refractivity (Wildman–Crippen MR) is 78.5 cm³/mol. The van der Waals surface area contributed by atoms with E-state index >= 15 is 0 Å². The van der Waals surface area contributed by atoms with E-state index in [0.717, 1.165) is 11.3 Å². The average molecular weight is 271 g/mol. The summed E-state index contributed by atoms with van der Waals surface area (Å²) < 4.78 is 5.18. The Bertz CT molecular complexity index is 650. The lowest BCUT2D eigenvalue weighted by Crippen LogP contribution is -2.12. The van der Waals surface area contributed by atoms with Crippen molar-refractivity contribution >= 4 is 11.6 Å². The number of anilines is 1. The molecule has 0 unspecified atom stereocenters. The van der Waals surface area contributed by atoms with Gasteiger partial charge in [-0.15, -0.1) is 0 Å². The lowest BCUT2D eigenvalue weighted by Gasteiger charge is -2.09. The van der Waals surface area contributed by atoms with Crippen LogP contribution in [0.2, 0.25) is 0 Å². The van der Waals surface area contributed by atoms with Crippen LogP contribution in [0.1, 0.15) is 21.5 Å². The van der Waals surface area contributed by atoms with Gasteiger partial charge in [0.1, 0.15) is 11.5 Å². The molecule has 0 aromatic heterocycles. The van der Waals surface area contributed by atoms with Gasteiger partial charge in [0.25, 0.3) is 5.91 Å². The van der Waals surface area contributed by atoms with E-state index in [0.29, 0.717) is 16.8 Å². The fourth-order valence-corrected chi connectivity index (χ4v) is 1.96. The van der Waals surface area contributed by atoms with Gasteiger partial charge in [0, 0.05) is 11.3 Å². The number of methoxy groups -OCH3 is 1. The first-order valence-electron chi connectivity index (χ1n) is 6.27. The number of hydrogen-bond acceptors (Lipinski definition) is 3. The summed E-state index contributed by atoms with van der Waals surface area (Å²) in [6, 6.07) is 10.2. The predicted octanol–water partition coefficient (Wildman–Crippen LogP) is 3.27. The van der Waals surface area contributed by atoms with Crippen molar-refractivity contribution in [2.75, 3.05) is 12.4 Å². The van der Waals surface area contributed by atoms with Crippen molar-refractivity contribution in [1.82, 2.24) is 0 Å². The Hall–Kier alpha value is -2.49. The molecule has 0 fully saturated rings. The fourth-order valence-electron chi connectivity index (χ4n) is 1.96. The van der Waals surface area contributed by atoms with Crippen molar-refractivity contribution in [3.8, 4) is 11.5 Å². The first-order chi connectivity index (χ1) is 9.51. The van der Waals surface area contributed by atoms with Crippen molar-refractivity contribution in [1.29, 1.82) is 0 Å². The number of carbonyl (C=O) groups is 1. The summed E-state index contributed by atoms with van der Waals surface area (Å²) in [4.78, 5) is 12.1.